The summed E-state index contributed by atoms with van der Waals surface area (Å²) < 4.78 is 0. The van der Waals surface area contributed by atoms with Crippen LogP contribution < -0.4 is 5.32 Å². The number of likely N-dealkylation sites (tertiary alicyclic amines) is 1. The predicted octanol–water partition coefficient (Wildman–Crippen LogP) is 1.53. The normalized spacial score (nSPS) is 14.6. The molecule has 0 spiro atoms. The van der Waals surface area contributed by atoms with Crippen molar-refractivity contribution < 1.29 is 4.79 Å². The third-order valence-corrected chi connectivity index (χ3v) is 3.97. The van der Waals surface area contributed by atoms with Gasteiger partial charge < -0.3 is 10.2 Å². The molecule has 1 aliphatic heterocycles. The highest BCUT2D eigenvalue weighted by Crippen LogP contribution is 2.22. The SMILES string of the molecule is CSc1ncccc1C(=O)N1CC(Nc2ncccn2)C1. The van der Waals surface area contributed by atoms with Gasteiger partial charge in [-0.2, -0.15) is 0 Å². The van der Waals surface area contributed by atoms with Crippen molar-refractivity contribution in [3.63, 3.8) is 0 Å². The van der Waals surface area contributed by atoms with Crippen molar-refractivity contribution in [3.8, 4) is 0 Å². The lowest BCUT2D eigenvalue weighted by Gasteiger charge is -2.39. The Labute approximate surface area is 127 Å². The molecule has 108 valence electrons. The van der Waals surface area contributed by atoms with Crippen LogP contribution in [0.25, 0.3) is 0 Å². The van der Waals surface area contributed by atoms with Crippen molar-refractivity contribution in [1.29, 1.82) is 0 Å². The molecule has 1 fully saturated rings. The minimum atomic E-state index is 0.0273. The minimum Gasteiger partial charge on any atom is -0.348 e. The summed E-state index contributed by atoms with van der Waals surface area (Å²) in [7, 11) is 0. The predicted molar refractivity (Wildman–Crippen MR) is 81.4 cm³/mol. The Hall–Kier alpha value is -2.15. The van der Waals surface area contributed by atoms with Gasteiger partial charge in [0.2, 0.25) is 5.95 Å². The summed E-state index contributed by atoms with van der Waals surface area (Å²) >= 11 is 1.48. The summed E-state index contributed by atoms with van der Waals surface area (Å²) in [6, 6.07) is 5.59. The number of carbonyl (C=O) groups is 1. The first-order chi connectivity index (χ1) is 10.3. The zero-order chi connectivity index (χ0) is 14.7. The molecular weight excluding hydrogens is 286 g/mol. The highest BCUT2D eigenvalue weighted by molar-refractivity contribution is 7.98. The standard InChI is InChI=1S/C14H15N5OS/c1-21-12-11(4-2-5-15-12)13(20)19-8-10(9-19)18-14-16-6-3-7-17-14/h2-7,10H,8-9H2,1H3,(H,16,17,18). The lowest BCUT2D eigenvalue weighted by atomic mass is 10.1. The molecule has 1 N–H and O–H groups in total. The number of carbonyl (C=O) groups excluding carboxylic acids is 1. The Morgan fingerprint density at radius 1 is 1.24 bits per heavy atom. The van der Waals surface area contributed by atoms with Crippen LogP contribution in [0.4, 0.5) is 5.95 Å². The topological polar surface area (TPSA) is 71.0 Å². The van der Waals surface area contributed by atoms with E-state index >= 15 is 0 Å². The second-order valence-corrected chi connectivity index (χ2v) is 5.48. The van der Waals surface area contributed by atoms with E-state index in [-0.39, 0.29) is 11.9 Å². The van der Waals surface area contributed by atoms with Crippen molar-refractivity contribution in [3.05, 3.63) is 42.4 Å². The van der Waals surface area contributed by atoms with Crippen molar-refractivity contribution in [1.82, 2.24) is 19.9 Å². The molecule has 1 saturated heterocycles. The summed E-state index contributed by atoms with van der Waals surface area (Å²) in [4.78, 5) is 26.7. The molecule has 0 atom stereocenters. The maximum atomic E-state index is 12.4. The van der Waals surface area contributed by atoms with Crippen LogP contribution in [0.2, 0.25) is 0 Å². The molecule has 1 amide bonds. The third kappa shape index (κ3) is 2.97. The molecule has 0 aromatic carbocycles. The molecule has 1 aliphatic rings. The number of pyridine rings is 1. The first kappa shape index (κ1) is 13.8. The van der Waals surface area contributed by atoms with E-state index in [2.05, 4.69) is 20.3 Å². The van der Waals surface area contributed by atoms with Gasteiger partial charge in [0.25, 0.3) is 5.91 Å². The van der Waals surface area contributed by atoms with E-state index in [4.69, 9.17) is 0 Å². The van der Waals surface area contributed by atoms with E-state index in [9.17, 15) is 4.79 Å². The first-order valence-corrected chi connectivity index (χ1v) is 7.82. The van der Waals surface area contributed by atoms with Gasteiger partial charge in [-0.3, -0.25) is 4.79 Å². The van der Waals surface area contributed by atoms with Gasteiger partial charge in [-0.15, -0.1) is 11.8 Å². The maximum Gasteiger partial charge on any atom is 0.256 e. The van der Waals surface area contributed by atoms with Gasteiger partial charge in [-0.1, -0.05) is 0 Å². The highest BCUT2D eigenvalue weighted by atomic mass is 32.2. The van der Waals surface area contributed by atoms with Crippen LogP contribution in [-0.2, 0) is 0 Å². The number of anilines is 1. The molecule has 7 heteroatoms. The van der Waals surface area contributed by atoms with Crippen molar-refractivity contribution in [2.75, 3.05) is 24.7 Å². The monoisotopic (exact) mass is 301 g/mol. The van der Waals surface area contributed by atoms with Crippen LogP contribution in [0.1, 0.15) is 10.4 Å². The van der Waals surface area contributed by atoms with E-state index < -0.39 is 0 Å². The average molecular weight is 301 g/mol. The summed E-state index contributed by atoms with van der Waals surface area (Å²) in [6.07, 6.45) is 7.01. The van der Waals surface area contributed by atoms with Crippen LogP contribution >= 0.6 is 11.8 Å². The van der Waals surface area contributed by atoms with E-state index in [0.29, 0.717) is 24.6 Å². The zero-order valence-electron chi connectivity index (χ0n) is 11.6. The average Bonchev–Trinajstić information content (AvgIpc) is 2.51. The molecule has 0 bridgehead atoms. The van der Waals surface area contributed by atoms with Crippen LogP contribution in [0.3, 0.4) is 0 Å². The number of nitrogens with zero attached hydrogens (tertiary/aromatic N) is 4. The van der Waals surface area contributed by atoms with Crippen LogP contribution in [0.5, 0.6) is 0 Å². The van der Waals surface area contributed by atoms with Gasteiger partial charge >= 0.3 is 0 Å². The summed E-state index contributed by atoms with van der Waals surface area (Å²) in [6.45, 7) is 1.31. The second kappa shape index (κ2) is 6.09. The van der Waals surface area contributed by atoms with Gasteiger partial charge in [-0.05, 0) is 24.5 Å². The molecule has 0 radical (unpaired) electrons. The lowest BCUT2D eigenvalue weighted by Crippen LogP contribution is -2.57. The number of hydrogen-bond donors (Lipinski definition) is 1. The number of aromatic nitrogens is 3. The summed E-state index contributed by atoms with van der Waals surface area (Å²) in [5.41, 5.74) is 0.666. The Morgan fingerprint density at radius 3 is 2.67 bits per heavy atom. The Bertz CT molecular complexity index is 630. The van der Waals surface area contributed by atoms with Crippen molar-refractivity contribution in [2.45, 2.75) is 11.1 Å². The molecule has 6 nitrogen and oxygen atoms in total. The molecule has 0 aliphatic carbocycles. The van der Waals surface area contributed by atoms with Crippen molar-refractivity contribution in [2.24, 2.45) is 0 Å². The third-order valence-electron chi connectivity index (χ3n) is 3.26. The molecule has 0 unspecified atom stereocenters. The Morgan fingerprint density at radius 2 is 1.95 bits per heavy atom. The van der Waals surface area contributed by atoms with Gasteiger partial charge in [0, 0.05) is 31.7 Å². The van der Waals surface area contributed by atoms with E-state index in [1.807, 2.05) is 12.3 Å². The molecule has 2 aromatic rings. The number of thioether (sulfide) groups is 1. The maximum absolute atomic E-state index is 12.4. The van der Waals surface area contributed by atoms with Crippen LogP contribution in [0, 0.1) is 0 Å². The largest absolute Gasteiger partial charge is 0.348 e. The Kier molecular flexibility index (Phi) is 4.01. The summed E-state index contributed by atoms with van der Waals surface area (Å²) in [5, 5.41) is 3.98. The lowest BCUT2D eigenvalue weighted by molar-refractivity contribution is 0.0620. The second-order valence-electron chi connectivity index (χ2n) is 4.68. The van der Waals surface area contributed by atoms with Gasteiger partial charge in [-0.25, -0.2) is 15.0 Å². The summed E-state index contributed by atoms with van der Waals surface area (Å²) in [5.74, 6) is 0.625. The first-order valence-electron chi connectivity index (χ1n) is 6.60. The van der Waals surface area contributed by atoms with Gasteiger partial charge in [0.15, 0.2) is 0 Å². The van der Waals surface area contributed by atoms with E-state index in [1.165, 1.54) is 11.8 Å². The smallest absolute Gasteiger partial charge is 0.256 e. The number of nitrogens with one attached hydrogen (secondary N) is 1. The quantitative estimate of drug-likeness (QED) is 0.864. The molecule has 3 heterocycles. The molecule has 2 aromatic heterocycles. The Balaban J connectivity index is 1.60. The number of hydrogen-bond acceptors (Lipinski definition) is 6. The van der Waals surface area contributed by atoms with Crippen LogP contribution in [-0.4, -0.2) is 51.1 Å². The molecule has 21 heavy (non-hydrogen) atoms. The van der Waals surface area contributed by atoms with Gasteiger partial charge in [0.1, 0.15) is 5.03 Å². The minimum absolute atomic E-state index is 0.0273. The van der Waals surface area contributed by atoms with Crippen molar-refractivity contribution >= 4 is 23.6 Å². The fourth-order valence-electron chi connectivity index (χ4n) is 2.18. The fraction of sp³-hybridized carbons (Fsp3) is 0.286. The number of amides is 1. The van der Waals surface area contributed by atoms with Gasteiger partial charge in [0.05, 0.1) is 11.6 Å². The highest BCUT2D eigenvalue weighted by Gasteiger charge is 2.32. The fourth-order valence-corrected chi connectivity index (χ4v) is 2.72. The van der Waals surface area contributed by atoms with E-state index in [1.54, 1.807) is 35.6 Å². The molecule has 0 saturated carbocycles. The zero-order valence-corrected chi connectivity index (χ0v) is 12.4. The molecule has 3 rings (SSSR count). The van der Waals surface area contributed by atoms with E-state index in [0.717, 1.165) is 5.03 Å². The molecular formula is C14H15N5OS. The number of rotatable bonds is 4. The van der Waals surface area contributed by atoms with Crippen LogP contribution in [0.15, 0.2) is 41.8 Å².